The quantitative estimate of drug-likeness (QED) is 0.735. The van der Waals surface area contributed by atoms with Crippen LogP contribution in [0.2, 0.25) is 0 Å². The normalized spacial score (nSPS) is 24.6. The van der Waals surface area contributed by atoms with Crippen LogP contribution in [0.15, 0.2) is 34.9 Å². The lowest BCUT2D eigenvalue weighted by Gasteiger charge is -2.35. The number of aromatic amines is 1. The van der Waals surface area contributed by atoms with Crippen LogP contribution >= 0.6 is 15.9 Å². The number of hydrogen-bond donors (Lipinski definition) is 1. The predicted molar refractivity (Wildman–Crippen MR) is 114 cm³/mol. The number of H-pyrrole nitrogens is 1. The maximum absolute atomic E-state index is 13.4. The summed E-state index contributed by atoms with van der Waals surface area (Å²) >= 11 is 3.47. The van der Waals surface area contributed by atoms with Crippen LogP contribution in [0.3, 0.4) is 0 Å². The van der Waals surface area contributed by atoms with Gasteiger partial charge in [0, 0.05) is 16.8 Å². The summed E-state index contributed by atoms with van der Waals surface area (Å²) in [5.74, 6) is 0.289. The van der Waals surface area contributed by atoms with Gasteiger partial charge in [0.05, 0.1) is 31.6 Å². The minimum absolute atomic E-state index is 0.0909. The van der Waals surface area contributed by atoms with Crippen LogP contribution in [-0.2, 0) is 19.8 Å². The molecule has 3 heterocycles. The van der Waals surface area contributed by atoms with E-state index in [4.69, 9.17) is 9.47 Å². The second kappa shape index (κ2) is 7.52. The number of hydrogen-bond acceptors (Lipinski definition) is 4. The Kier molecular flexibility index (Phi) is 5.34. The molecule has 0 saturated carbocycles. The molecular weight excluding hydrogens is 434 g/mol. The van der Waals surface area contributed by atoms with Crippen LogP contribution in [0.1, 0.15) is 39.9 Å². The lowest BCUT2D eigenvalue weighted by atomic mass is 9.92. The molecule has 2 aliphatic heterocycles. The first kappa shape index (κ1) is 20.6. The molecule has 2 aromatic rings. The summed E-state index contributed by atoms with van der Waals surface area (Å²) < 4.78 is 13.0. The number of carbonyl (C=O) groups is 1. The van der Waals surface area contributed by atoms with E-state index in [1.165, 1.54) is 0 Å². The number of imidazole rings is 1. The smallest absolute Gasteiger partial charge is 0.226 e. The van der Waals surface area contributed by atoms with Crippen molar-refractivity contribution in [3.8, 4) is 11.3 Å². The lowest BCUT2D eigenvalue weighted by Crippen LogP contribution is -2.47. The first-order valence-electron chi connectivity index (χ1n) is 10.1. The van der Waals surface area contributed by atoms with E-state index >= 15 is 0 Å². The van der Waals surface area contributed by atoms with Crippen molar-refractivity contribution < 1.29 is 14.3 Å². The zero-order valence-electron chi connectivity index (χ0n) is 17.4. The molecule has 156 valence electrons. The molecule has 2 fully saturated rings. The standard InChI is InChI=1S/C22H28BrN3O3/c1-14(2)15(3)19(27)26-13-22(28-9-10-29-22)12-21(26,4)20-24-11-18(25-20)16-5-7-17(23)8-6-16/h5-8,11,14-15H,9-10,12-13H2,1-4H3,(H,24,25)/t15-,21-/m0/s1. The van der Waals surface area contributed by atoms with Crippen LogP contribution in [0.5, 0.6) is 0 Å². The highest BCUT2D eigenvalue weighted by Crippen LogP contribution is 2.47. The molecule has 1 spiro atoms. The van der Waals surface area contributed by atoms with E-state index in [0.29, 0.717) is 26.2 Å². The fraction of sp³-hybridized carbons (Fsp3) is 0.545. The van der Waals surface area contributed by atoms with E-state index in [9.17, 15) is 4.79 Å². The number of likely N-dealkylation sites (tertiary alicyclic amines) is 1. The van der Waals surface area contributed by atoms with Gasteiger partial charge in [0.15, 0.2) is 5.79 Å². The van der Waals surface area contributed by atoms with Gasteiger partial charge in [-0.3, -0.25) is 4.79 Å². The molecule has 0 aliphatic carbocycles. The van der Waals surface area contributed by atoms with Crippen LogP contribution < -0.4 is 0 Å². The Labute approximate surface area is 180 Å². The van der Waals surface area contributed by atoms with Gasteiger partial charge in [-0.15, -0.1) is 0 Å². The Bertz CT molecular complexity index is 889. The van der Waals surface area contributed by atoms with Crippen molar-refractivity contribution >= 4 is 21.8 Å². The molecular formula is C22H28BrN3O3. The van der Waals surface area contributed by atoms with Gasteiger partial charge in [-0.05, 0) is 30.5 Å². The molecule has 6 nitrogen and oxygen atoms in total. The summed E-state index contributed by atoms with van der Waals surface area (Å²) in [6, 6.07) is 8.07. The van der Waals surface area contributed by atoms with Crippen LogP contribution in [0.25, 0.3) is 11.3 Å². The Hall–Kier alpha value is -1.70. The van der Waals surface area contributed by atoms with Crippen LogP contribution in [0.4, 0.5) is 0 Å². The molecule has 2 atom stereocenters. The Morgan fingerprint density at radius 2 is 1.86 bits per heavy atom. The van der Waals surface area contributed by atoms with Gasteiger partial charge >= 0.3 is 0 Å². The van der Waals surface area contributed by atoms with Crippen molar-refractivity contribution in [2.75, 3.05) is 19.8 Å². The molecule has 0 radical (unpaired) electrons. The van der Waals surface area contributed by atoms with E-state index < -0.39 is 11.3 Å². The van der Waals surface area contributed by atoms with Gasteiger partial charge in [-0.1, -0.05) is 48.8 Å². The van der Waals surface area contributed by atoms with E-state index in [-0.39, 0.29) is 17.7 Å². The monoisotopic (exact) mass is 461 g/mol. The van der Waals surface area contributed by atoms with Crippen molar-refractivity contribution in [3.05, 3.63) is 40.8 Å². The summed E-state index contributed by atoms with van der Waals surface area (Å²) in [6.45, 7) is 9.74. The van der Waals surface area contributed by atoms with Gasteiger partial charge in [-0.2, -0.15) is 0 Å². The highest BCUT2D eigenvalue weighted by Gasteiger charge is 2.58. The molecule has 4 rings (SSSR count). The minimum Gasteiger partial charge on any atom is -0.346 e. The molecule has 29 heavy (non-hydrogen) atoms. The zero-order valence-corrected chi connectivity index (χ0v) is 19.0. The molecule has 1 aromatic carbocycles. The van der Waals surface area contributed by atoms with Gasteiger partial charge in [-0.25, -0.2) is 4.98 Å². The van der Waals surface area contributed by atoms with Gasteiger partial charge in [0.1, 0.15) is 11.4 Å². The van der Waals surface area contributed by atoms with Crippen molar-refractivity contribution in [1.82, 2.24) is 14.9 Å². The van der Waals surface area contributed by atoms with Crippen LogP contribution in [0, 0.1) is 11.8 Å². The molecule has 7 heteroatoms. The summed E-state index contributed by atoms with van der Waals surface area (Å²) in [5, 5.41) is 0. The number of nitrogens with zero attached hydrogens (tertiary/aromatic N) is 2. The van der Waals surface area contributed by atoms with Crippen molar-refractivity contribution in [1.29, 1.82) is 0 Å². The topological polar surface area (TPSA) is 67.5 Å². The first-order chi connectivity index (χ1) is 13.7. The highest BCUT2D eigenvalue weighted by atomic mass is 79.9. The maximum atomic E-state index is 13.4. The maximum Gasteiger partial charge on any atom is 0.226 e. The summed E-state index contributed by atoms with van der Waals surface area (Å²) in [5.41, 5.74) is 1.34. The number of rotatable bonds is 4. The SMILES string of the molecule is CC(C)[C@H](C)C(=O)N1CC2(C[C@@]1(C)c1ncc(-c3ccc(Br)cc3)[nH]1)OCCO2. The zero-order chi connectivity index (χ0) is 20.8. The van der Waals surface area contributed by atoms with E-state index in [0.717, 1.165) is 21.6 Å². The second-order valence-corrected chi connectivity index (χ2v) is 9.58. The molecule has 2 aliphatic rings. The summed E-state index contributed by atoms with van der Waals surface area (Å²) in [7, 11) is 0. The van der Waals surface area contributed by atoms with Gasteiger partial charge in [0.2, 0.25) is 5.91 Å². The van der Waals surface area contributed by atoms with Gasteiger partial charge in [0.25, 0.3) is 0 Å². The number of carbonyl (C=O) groups excluding carboxylic acids is 1. The average Bonchev–Trinajstić information content (AvgIpc) is 3.41. The third kappa shape index (κ3) is 3.64. The van der Waals surface area contributed by atoms with E-state index in [1.54, 1.807) is 0 Å². The van der Waals surface area contributed by atoms with Crippen molar-refractivity contribution in [2.45, 2.75) is 45.4 Å². The molecule has 2 saturated heterocycles. The number of halogens is 1. The lowest BCUT2D eigenvalue weighted by molar-refractivity contribution is -0.154. The van der Waals surface area contributed by atoms with E-state index in [2.05, 4.69) is 46.7 Å². The second-order valence-electron chi connectivity index (χ2n) is 8.67. The fourth-order valence-electron chi connectivity index (χ4n) is 4.22. The number of amides is 1. The predicted octanol–water partition coefficient (Wildman–Crippen LogP) is 4.32. The largest absolute Gasteiger partial charge is 0.346 e. The Morgan fingerprint density at radius 1 is 1.21 bits per heavy atom. The van der Waals surface area contributed by atoms with Gasteiger partial charge < -0.3 is 19.4 Å². The highest BCUT2D eigenvalue weighted by molar-refractivity contribution is 9.10. The molecule has 0 unspecified atom stereocenters. The number of nitrogens with one attached hydrogen (secondary N) is 1. The number of aromatic nitrogens is 2. The van der Waals surface area contributed by atoms with Crippen molar-refractivity contribution in [2.24, 2.45) is 11.8 Å². The Balaban J connectivity index is 1.70. The fourth-order valence-corrected chi connectivity index (χ4v) is 4.48. The minimum atomic E-state index is -0.744. The first-order valence-corrected chi connectivity index (χ1v) is 10.9. The molecule has 1 amide bonds. The van der Waals surface area contributed by atoms with E-state index in [1.807, 2.05) is 42.3 Å². The third-order valence-electron chi connectivity index (χ3n) is 6.32. The molecule has 0 bridgehead atoms. The number of benzene rings is 1. The van der Waals surface area contributed by atoms with Crippen molar-refractivity contribution in [3.63, 3.8) is 0 Å². The molecule has 1 aromatic heterocycles. The Morgan fingerprint density at radius 3 is 2.48 bits per heavy atom. The third-order valence-corrected chi connectivity index (χ3v) is 6.85. The summed E-state index contributed by atoms with van der Waals surface area (Å²) in [6.07, 6.45) is 2.39. The number of ether oxygens (including phenoxy) is 2. The molecule has 1 N–H and O–H groups in total. The average molecular weight is 462 g/mol. The summed E-state index contributed by atoms with van der Waals surface area (Å²) in [4.78, 5) is 23.5. The van der Waals surface area contributed by atoms with Crippen LogP contribution in [-0.4, -0.2) is 46.3 Å².